The number of anilines is 1. The molecule has 3 heterocycles. The zero-order valence-corrected chi connectivity index (χ0v) is 20.5. The van der Waals surface area contributed by atoms with Crippen LogP contribution in [0.3, 0.4) is 0 Å². The van der Waals surface area contributed by atoms with Crippen LogP contribution in [0, 0.1) is 11.3 Å². The van der Waals surface area contributed by atoms with Gasteiger partial charge in [-0.2, -0.15) is 5.26 Å². The highest BCUT2D eigenvalue weighted by molar-refractivity contribution is 5.83. The van der Waals surface area contributed by atoms with Crippen molar-refractivity contribution in [2.45, 2.75) is 19.7 Å². The molecule has 0 radical (unpaired) electrons. The van der Waals surface area contributed by atoms with Crippen molar-refractivity contribution >= 4 is 16.9 Å². The minimum absolute atomic E-state index is 0.280. The Hall–Kier alpha value is -4.29. The molecule has 1 aliphatic rings. The van der Waals surface area contributed by atoms with Gasteiger partial charge in [-0.25, -0.2) is 9.37 Å². The minimum Gasteiger partial charge on any atom is -0.493 e. The number of ether oxygens (including phenoxy) is 3. The predicted octanol–water partition coefficient (Wildman–Crippen LogP) is 4.38. The molecule has 0 aliphatic carbocycles. The standard InChI is InChI=1S/C28H26FN5O3/c1-35-26-13-19(3-7-25(26)37-18-20-2-5-22(14-29)31-16-20)12-21-4-6-24-28(23(21)15-30)33-27(17-32-24)34-8-10-36-11-9-34/h2-7,13,16-17H,8-12,14,18H2,1H3. The molecule has 0 spiro atoms. The highest BCUT2D eigenvalue weighted by Crippen LogP contribution is 2.31. The van der Waals surface area contributed by atoms with Crippen LogP contribution in [0.4, 0.5) is 10.2 Å². The van der Waals surface area contributed by atoms with E-state index in [1.165, 1.54) is 0 Å². The first kappa shape index (κ1) is 24.4. The Labute approximate surface area is 214 Å². The van der Waals surface area contributed by atoms with Gasteiger partial charge in [0, 0.05) is 24.8 Å². The lowest BCUT2D eigenvalue weighted by molar-refractivity contribution is 0.122. The number of rotatable bonds is 8. The largest absolute Gasteiger partial charge is 0.493 e. The molecule has 0 atom stereocenters. The monoisotopic (exact) mass is 499 g/mol. The van der Waals surface area contributed by atoms with Crippen molar-refractivity contribution < 1.29 is 18.6 Å². The van der Waals surface area contributed by atoms with E-state index in [1.54, 1.807) is 31.6 Å². The molecule has 1 aliphatic heterocycles. The molecular formula is C28H26FN5O3. The number of alkyl halides is 1. The average Bonchev–Trinajstić information content (AvgIpc) is 2.96. The topological polar surface area (TPSA) is 93.4 Å². The summed E-state index contributed by atoms with van der Waals surface area (Å²) in [6, 6.07) is 15.3. The van der Waals surface area contributed by atoms with E-state index >= 15 is 0 Å². The maximum absolute atomic E-state index is 12.7. The van der Waals surface area contributed by atoms with Crippen LogP contribution in [-0.2, 0) is 24.4 Å². The summed E-state index contributed by atoms with van der Waals surface area (Å²) in [5.74, 6) is 1.92. The summed E-state index contributed by atoms with van der Waals surface area (Å²) in [6.45, 7) is 2.47. The van der Waals surface area contributed by atoms with E-state index in [0.717, 1.165) is 35.6 Å². The zero-order chi connectivity index (χ0) is 25.6. The Morgan fingerprint density at radius 1 is 1.03 bits per heavy atom. The van der Waals surface area contributed by atoms with Crippen molar-refractivity contribution in [2.24, 2.45) is 0 Å². The van der Waals surface area contributed by atoms with E-state index in [4.69, 9.17) is 19.2 Å². The predicted molar refractivity (Wildman–Crippen MR) is 136 cm³/mol. The fourth-order valence-corrected chi connectivity index (χ4v) is 4.27. The number of hydrogen-bond acceptors (Lipinski definition) is 8. The van der Waals surface area contributed by atoms with Gasteiger partial charge >= 0.3 is 0 Å². The van der Waals surface area contributed by atoms with E-state index in [1.807, 2.05) is 30.3 Å². The molecule has 4 aromatic rings. The molecule has 2 aromatic heterocycles. The van der Waals surface area contributed by atoms with Crippen LogP contribution in [0.15, 0.2) is 54.9 Å². The summed E-state index contributed by atoms with van der Waals surface area (Å²) >= 11 is 0. The summed E-state index contributed by atoms with van der Waals surface area (Å²) < 4.78 is 29.6. The number of nitriles is 1. The summed E-state index contributed by atoms with van der Waals surface area (Å²) in [5, 5.41) is 10.0. The Morgan fingerprint density at radius 3 is 2.59 bits per heavy atom. The van der Waals surface area contributed by atoms with Gasteiger partial charge in [0.05, 0.1) is 43.3 Å². The van der Waals surface area contributed by atoms with Crippen LogP contribution in [0.5, 0.6) is 11.5 Å². The van der Waals surface area contributed by atoms with Gasteiger partial charge in [0.25, 0.3) is 0 Å². The summed E-state index contributed by atoms with van der Waals surface area (Å²) in [5.41, 5.74) is 4.85. The lowest BCUT2D eigenvalue weighted by Crippen LogP contribution is -2.36. The Bertz CT molecular complexity index is 1430. The van der Waals surface area contributed by atoms with Crippen LogP contribution in [-0.4, -0.2) is 48.4 Å². The number of methoxy groups -OCH3 is 1. The molecular weight excluding hydrogens is 473 g/mol. The fourth-order valence-electron chi connectivity index (χ4n) is 4.27. The third kappa shape index (κ3) is 5.44. The summed E-state index contributed by atoms with van der Waals surface area (Å²) in [4.78, 5) is 15.5. The van der Waals surface area contributed by atoms with Crippen molar-refractivity contribution in [3.05, 3.63) is 82.8 Å². The number of morpholine rings is 1. The van der Waals surface area contributed by atoms with Gasteiger partial charge in [-0.15, -0.1) is 0 Å². The lowest BCUT2D eigenvalue weighted by Gasteiger charge is -2.27. The molecule has 9 heteroatoms. The third-order valence-electron chi connectivity index (χ3n) is 6.28. The minimum atomic E-state index is -0.594. The van der Waals surface area contributed by atoms with Crippen LogP contribution in [0.2, 0.25) is 0 Å². The van der Waals surface area contributed by atoms with Gasteiger partial charge in [0.1, 0.15) is 30.7 Å². The van der Waals surface area contributed by atoms with Crippen molar-refractivity contribution in [3.63, 3.8) is 0 Å². The second-order valence-electron chi connectivity index (χ2n) is 8.65. The number of fused-ring (bicyclic) bond motifs is 1. The molecule has 5 rings (SSSR count). The lowest BCUT2D eigenvalue weighted by atomic mass is 9.98. The number of aromatic nitrogens is 3. The van der Waals surface area contributed by atoms with Crippen LogP contribution in [0.25, 0.3) is 11.0 Å². The maximum atomic E-state index is 12.7. The third-order valence-corrected chi connectivity index (χ3v) is 6.28. The molecule has 2 aromatic carbocycles. The molecule has 0 saturated carbocycles. The molecule has 0 amide bonds. The molecule has 0 N–H and O–H groups in total. The normalized spacial score (nSPS) is 13.4. The quantitative estimate of drug-likeness (QED) is 0.353. The summed E-state index contributed by atoms with van der Waals surface area (Å²) in [6.07, 6.45) is 3.88. The summed E-state index contributed by atoms with van der Waals surface area (Å²) in [7, 11) is 1.59. The van der Waals surface area contributed by atoms with Crippen LogP contribution in [0.1, 0.15) is 27.9 Å². The van der Waals surface area contributed by atoms with E-state index in [9.17, 15) is 9.65 Å². The van der Waals surface area contributed by atoms with E-state index in [0.29, 0.717) is 53.4 Å². The molecule has 0 unspecified atom stereocenters. The van der Waals surface area contributed by atoms with Crippen molar-refractivity contribution in [3.8, 4) is 17.6 Å². The van der Waals surface area contributed by atoms with Crippen LogP contribution >= 0.6 is 0 Å². The molecule has 0 bridgehead atoms. The molecule has 8 nitrogen and oxygen atoms in total. The molecule has 1 fully saturated rings. The molecule has 37 heavy (non-hydrogen) atoms. The van der Waals surface area contributed by atoms with E-state index in [2.05, 4.69) is 20.9 Å². The van der Waals surface area contributed by atoms with Gasteiger partial charge in [0.15, 0.2) is 11.5 Å². The number of halogens is 1. The first-order chi connectivity index (χ1) is 18.2. The van der Waals surface area contributed by atoms with Gasteiger partial charge in [-0.05, 0) is 41.8 Å². The van der Waals surface area contributed by atoms with E-state index < -0.39 is 6.67 Å². The average molecular weight is 500 g/mol. The van der Waals surface area contributed by atoms with Crippen molar-refractivity contribution in [1.82, 2.24) is 15.0 Å². The van der Waals surface area contributed by atoms with Gasteiger partial charge in [-0.3, -0.25) is 9.97 Å². The number of nitrogens with zero attached hydrogens (tertiary/aromatic N) is 5. The Balaban J connectivity index is 1.37. The highest BCUT2D eigenvalue weighted by atomic mass is 19.1. The maximum Gasteiger partial charge on any atom is 0.161 e. The fraction of sp³-hybridized carbons (Fsp3) is 0.286. The van der Waals surface area contributed by atoms with Gasteiger partial charge in [-0.1, -0.05) is 18.2 Å². The van der Waals surface area contributed by atoms with Crippen molar-refractivity contribution in [2.75, 3.05) is 38.3 Å². The number of hydrogen-bond donors (Lipinski definition) is 0. The van der Waals surface area contributed by atoms with Crippen LogP contribution < -0.4 is 14.4 Å². The SMILES string of the molecule is COc1cc(Cc2ccc3ncc(N4CCOCC4)nc3c2C#N)ccc1OCc1ccc(CF)nc1. The highest BCUT2D eigenvalue weighted by Gasteiger charge is 2.17. The van der Waals surface area contributed by atoms with E-state index in [-0.39, 0.29) is 6.61 Å². The van der Waals surface area contributed by atoms with Gasteiger partial charge in [0.2, 0.25) is 0 Å². The Morgan fingerprint density at radius 2 is 1.86 bits per heavy atom. The zero-order valence-electron chi connectivity index (χ0n) is 20.5. The first-order valence-electron chi connectivity index (χ1n) is 12.0. The Kier molecular flexibility index (Phi) is 7.38. The second-order valence-corrected chi connectivity index (χ2v) is 8.65. The molecule has 188 valence electrons. The number of pyridine rings is 1. The second kappa shape index (κ2) is 11.2. The first-order valence-corrected chi connectivity index (χ1v) is 12.0. The number of benzene rings is 2. The van der Waals surface area contributed by atoms with Gasteiger partial charge < -0.3 is 19.1 Å². The smallest absolute Gasteiger partial charge is 0.161 e. The molecule has 1 saturated heterocycles. The van der Waals surface area contributed by atoms with Crippen molar-refractivity contribution in [1.29, 1.82) is 5.26 Å².